The number of aliphatic hydroxyl groups excluding tert-OH is 3. The Morgan fingerprint density at radius 1 is 0.567 bits per heavy atom. The SMILES string of the molecule is CN1C(CO)CCC1CO.CN1CCCC1CO.CN1CCN(C)C(=O)C1.CN1CCN(C=O)CC1.CN1CCc2cccnc2C1.CN1CCn2ccnc2C1.CN1Cc2cccnc2C1. The lowest BCUT2D eigenvalue weighted by Gasteiger charge is -2.29. The number of pyridine rings is 2. The first kappa shape index (κ1) is 55.6. The number of imidazole rings is 1. The number of amides is 2. The maximum absolute atomic E-state index is 10.9. The lowest BCUT2D eigenvalue weighted by molar-refractivity contribution is -0.133. The van der Waals surface area contributed by atoms with Crippen molar-refractivity contribution in [2.75, 3.05) is 142 Å². The summed E-state index contributed by atoms with van der Waals surface area (Å²) in [5.74, 6) is 1.41. The Kier molecular flexibility index (Phi) is 24.8. The molecule has 3 unspecified atom stereocenters. The largest absolute Gasteiger partial charge is 0.395 e. The predicted molar refractivity (Wildman–Crippen MR) is 264 cm³/mol. The van der Waals surface area contributed by atoms with Crippen LogP contribution < -0.4 is 0 Å². The normalized spacial score (nSPS) is 23.4. The number of aliphatic hydroxyl groups is 3. The molecule has 10 rings (SSSR count). The van der Waals surface area contributed by atoms with Gasteiger partial charge in [0.25, 0.3) is 0 Å². The summed E-state index contributed by atoms with van der Waals surface area (Å²) in [5, 5.41) is 26.3. The monoisotopic (exact) mass is 936 g/mol. The van der Waals surface area contributed by atoms with Gasteiger partial charge >= 0.3 is 0 Å². The van der Waals surface area contributed by atoms with E-state index in [0.29, 0.717) is 19.2 Å². The van der Waals surface area contributed by atoms with Crippen LogP contribution in [-0.2, 0) is 48.7 Å². The smallest absolute Gasteiger partial charge is 0.236 e. The van der Waals surface area contributed by atoms with Crippen molar-refractivity contribution in [2.45, 2.75) is 83.0 Å². The number of nitrogens with zero attached hydrogens (tertiary/aromatic N) is 13. The van der Waals surface area contributed by atoms with Gasteiger partial charge in [-0.1, -0.05) is 12.1 Å². The van der Waals surface area contributed by atoms with Gasteiger partial charge in [0.1, 0.15) is 5.82 Å². The van der Waals surface area contributed by atoms with Gasteiger partial charge in [0.15, 0.2) is 0 Å². The molecule has 0 radical (unpaired) electrons. The van der Waals surface area contributed by atoms with E-state index in [4.69, 9.17) is 15.3 Å². The molecule has 4 saturated heterocycles. The second kappa shape index (κ2) is 29.8. The summed E-state index contributed by atoms with van der Waals surface area (Å²) >= 11 is 0. The quantitative estimate of drug-likeness (QED) is 0.313. The molecular weight excluding hydrogens is 851 g/mol. The van der Waals surface area contributed by atoms with Crippen LogP contribution in [0.3, 0.4) is 0 Å². The first-order valence-corrected chi connectivity index (χ1v) is 24.2. The highest BCUT2D eigenvalue weighted by atomic mass is 16.3. The van der Waals surface area contributed by atoms with Gasteiger partial charge in [0, 0.05) is 128 Å². The molecule has 0 saturated carbocycles. The van der Waals surface area contributed by atoms with Crippen LogP contribution in [0.1, 0.15) is 54.0 Å². The third-order valence-corrected chi connectivity index (χ3v) is 13.6. The Morgan fingerprint density at radius 3 is 1.67 bits per heavy atom. The molecule has 4 fully saturated rings. The highest BCUT2D eigenvalue weighted by Crippen LogP contribution is 2.21. The second-order valence-electron chi connectivity index (χ2n) is 19.0. The van der Waals surface area contributed by atoms with Crippen molar-refractivity contribution < 1.29 is 24.9 Å². The van der Waals surface area contributed by atoms with Crippen molar-refractivity contribution >= 4 is 12.3 Å². The summed E-state index contributed by atoms with van der Waals surface area (Å²) in [6.45, 7) is 15.6. The van der Waals surface area contributed by atoms with Gasteiger partial charge in [-0.3, -0.25) is 39.2 Å². The number of likely N-dealkylation sites (N-methyl/N-ethyl adjacent to an activating group) is 7. The summed E-state index contributed by atoms with van der Waals surface area (Å²) in [4.78, 5) is 52.8. The highest BCUT2D eigenvalue weighted by Gasteiger charge is 2.28. The Balaban J connectivity index is 0.000000171. The van der Waals surface area contributed by atoms with Crippen LogP contribution >= 0.6 is 0 Å². The lowest BCUT2D eigenvalue weighted by atomic mass is 10.1. The summed E-state index contributed by atoms with van der Waals surface area (Å²) in [6.07, 6.45) is 14.2. The fourth-order valence-electron chi connectivity index (χ4n) is 8.69. The van der Waals surface area contributed by atoms with E-state index in [9.17, 15) is 9.59 Å². The number of hydrogen-bond donors (Lipinski definition) is 3. The molecule has 18 heteroatoms. The predicted octanol–water partition coefficient (Wildman–Crippen LogP) is 0.712. The van der Waals surface area contributed by atoms with Crippen molar-refractivity contribution in [3.63, 3.8) is 0 Å². The molecule has 67 heavy (non-hydrogen) atoms. The fourth-order valence-corrected chi connectivity index (χ4v) is 8.69. The van der Waals surface area contributed by atoms with Gasteiger partial charge in [-0.25, -0.2) is 4.98 Å². The molecule has 3 N–H and O–H groups in total. The van der Waals surface area contributed by atoms with Gasteiger partial charge in [-0.05, 0) is 111 Å². The van der Waals surface area contributed by atoms with Gasteiger partial charge in [-0.15, -0.1) is 0 Å². The maximum Gasteiger partial charge on any atom is 0.236 e. The van der Waals surface area contributed by atoms with Crippen molar-refractivity contribution in [1.82, 2.24) is 63.6 Å². The van der Waals surface area contributed by atoms with Gasteiger partial charge in [-0.2, -0.15) is 0 Å². The molecule has 7 aliphatic rings. The minimum Gasteiger partial charge on any atom is -0.395 e. The van der Waals surface area contributed by atoms with E-state index < -0.39 is 0 Å². The highest BCUT2D eigenvalue weighted by molar-refractivity contribution is 5.78. The summed E-state index contributed by atoms with van der Waals surface area (Å²) < 4.78 is 2.21. The molecular formula is C49H85N13O5. The average molecular weight is 936 g/mol. The molecule has 10 heterocycles. The molecule has 0 aromatic carbocycles. The molecule has 0 aliphatic carbocycles. The molecule has 376 valence electrons. The molecule has 18 nitrogen and oxygen atoms in total. The second-order valence-corrected chi connectivity index (χ2v) is 19.0. The number of piperazine rings is 2. The van der Waals surface area contributed by atoms with Crippen molar-refractivity contribution in [3.05, 3.63) is 77.4 Å². The summed E-state index contributed by atoms with van der Waals surface area (Å²) in [6, 6.07) is 9.34. The Labute approximate surface area is 401 Å². The Morgan fingerprint density at radius 2 is 1.13 bits per heavy atom. The average Bonchev–Trinajstić information content (AvgIpc) is 4.15. The first-order valence-electron chi connectivity index (χ1n) is 24.2. The van der Waals surface area contributed by atoms with Crippen LogP contribution in [0, 0.1) is 0 Å². The first-order chi connectivity index (χ1) is 32.2. The minimum absolute atomic E-state index is 0.215. The van der Waals surface area contributed by atoms with Crippen LogP contribution in [0.2, 0.25) is 0 Å². The van der Waals surface area contributed by atoms with Crippen LogP contribution in [0.25, 0.3) is 0 Å². The molecule has 7 aliphatic heterocycles. The van der Waals surface area contributed by atoms with Gasteiger partial charge in [0.05, 0.1) is 44.3 Å². The third-order valence-electron chi connectivity index (χ3n) is 13.6. The molecule has 3 atom stereocenters. The van der Waals surface area contributed by atoms with E-state index in [1.54, 1.807) is 9.80 Å². The standard InChI is InChI=1S/C9H12N2.C8H10N2.C7H11N3.C7H15NO2.2C6H12N2O.C6H13NO/c1-11-6-4-8-3-2-5-10-9(8)7-11;1-10-5-7-3-2-4-9-8(7)6-10;1-9-4-5-10-3-2-8-7(10)6-9;1-8-6(4-9)2-3-7(8)5-10;1-7-3-4-8(2)6(9)5-7;1-7-2-4-8(6-9)5-3-7;1-7-4-2-3-6(7)5-8/h2-3,5H,4,6-7H2,1H3;2-4H,5-6H2,1H3;2-3H,4-6H2,1H3;6-7,9-10H,2-5H2,1H3;3-5H2,1-2H3;6H,2-5H2,1H3;6,8H,2-5H2,1H3. The topological polar surface area (TPSA) is 168 Å². The fraction of sp³-hybridized carbons (Fsp3) is 0.694. The summed E-state index contributed by atoms with van der Waals surface area (Å²) in [7, 11) is 16.3. The molecule has 3 aromatic rings. The van der Waals surface area contributed by atoms with E-state index >= 15 is 0 Å². The van der Waals surface area contributed by atoms with Gasteiger partial charge < -0.3 is 44.4 Å². The number of fused-ring (bicyclic) bond motifs is 3. The van der Waals surface area contributed by atoms with Crippen molar-refractivity contribution in [2.24, 2.45) is 0 Å². The van der Waals surface area contributed by atoms with Crippen LogP contribution in [-0.4, -0.2) is 251 Å². The molecule has 3 aromatic heterocycles. The zero-order chi connectivity index (χ0) is 48.7. The van der Waals surface area contributed by atoms with E-state index in [1.165, 1.54) is 47.7 Å². The van der Waals surface area contributed by atoms with Crippen LogP contribution in [0.5, 0.6) is 0 Å². The number of rotatable bonds is 4. The lowest BCUT2D eigenvalue weighted by Crippen LogP contribution is -2.46. The van der Waals surface area contributed by atoms with E-state index in [-0.39, 0.29) is 31.2 Å². The van der Waals surface area contributed by atoms with Crippen molar-refractivity contribution in [1.29, 1.82) is 0 Å². The molecule has 0 spiro atoms. The van der Waals surface area contributed by atoms with Crippen LogP contribution in [0.15, 0.2) is 49.1 Å². The third kappa shape index (κ3) is 19.2. The van der Waals surface area contributed by atoms with E-state index in [0.717, 1.165) is 111 Å². The Bertz CT molecular complexity index is 1810. The Hall–Kier alpha value is -3.95. The number of likely N-dealkylation sites (tertiary alicyclic amines) is 2. The van der Waals surface area contributed by atoms with E-state index in [1.807, 2.05) is 63.0 Å². The number of aromatic nitrogens is 4. The van der Waals surface area contributed by atoms with Gasteiger partial charge in [0.2, 0.25) is 12.3 Å². The molecule has 2 amide bonds. The van der Waals surface area contributed by atoms with Crippen LogP contribution in [0.4, 0.5) is 0 Å². The number of carbonyl (C=O) groups is 2. The minimum atomic E-state index is 0.215. The van der Waals surface area contributed by atoms with E-state index in [2.05, 4.69) is 96.3 Å². The van der Waals surface area contributed by atoms with Crippen molar-refractivity contribution in [3.8, 4) is 0 Å². The molecule has 0 bridgehead atoms. The number of carbonyl (C=O) groups excluding carboxylic acids is 2. The number of hydrogen-bond acceptors (Lipinski definition) is 15. The zero-order valence-electron chi connectivity index (χ0n) is 42.2. The summed E-state index contributed by atoms with van der Waals surface area (Å²) in [5.41, 5.74) is 5.29. The zero-order valence-corrected chi connectivity index (χ0v) is 42.2. The maximum atomic E-state index is 10.9.